The number of benzene rings is 1. The number of carbonyl (C=O) groups excluding carboxylic acids is 2. The summed E-state index contributed by atoms with van der Waals surface area (Å²) in [6, 6.07) is 7.77. The van der Waals surface area contributed by atoms with Gasteiger partial charge >= 0.3 is 5.97 Å². The van der Waals surface area contributed by atoms with Crippen molar-refractivity contribution in [3.05, 3.63) is 29.8 Å². The maximum absolute atomic E-state index is 12.8. The number of rotatable bonds is 2. The van der Waals surface area contributed by atoms with E-state index in [9.17, 15) is 9.59 Å². The van der Waals surface area contributed by atoms with Crippen LogP contribution in [0.5, 0.6) is 5.75 Å². The van der Waals surface area contributed by atoms with Crippen LogP contribution >= 0.6 is 0 Å². The van der Waals surface area contributed by atoms with Crippen molar-refractivity contribution < 1.29 is 19.1 Å². The first-order valence-corrected chi connectivity index (χ1v) is 8.82. The molecule has 1 saturated carbocycles. The Bertz CT molecular complexity index is 686. The van der Waals surface area contributed by atoms with Gasteiger partial charge in [-0.1, -0.05) is 24.6 Å². The molecule has 4 unspecified atom stereocenters. The highest BCUT2D eigenvalue weighted by molar-refractivity contribution is 6.00. The molecule has 0 spiro atoms. The van der Waals surface area contributed by atoms with E-state index in [0.717, 1.165) is 37.0 Å². The van der Waals surface area contributed by atoms with Crippen LogP contribution in [-0.2, 0) is 14.3 Å². The molecule has 24 heavy (non-hydrogen) atoms. The van der Waals surface area contributed by atoms with Gasteiger partial charge in [0.1, 0.15) is 11.7 Å². The number of ether oxygens (including phenoxy) is 2. The largest absolute Gasteiger partial charge is 0.467 e. The molecule has 4 rings (SSSR count). The Labute approximate surface area is 141 Å². The molecule has 128 valence electrons. The van der Waals surface area contributed by atoms with E-state index < -0.39 is 17.6 Å². The summed E-state index contributed by atoms with van der Waals surface area (Å²) in [5.41, 5.74) is 0.295. The summed E-state index contributed by atoms with van der Waals surface area (Å²) < 4.78 is 11.7. The van der Waals surface area contributed by atoms with Crippen LogP contribution in [-0.4, -0.2) is 23.7 Å². The number of fused-ring (bicyclic) bond motifs is 2. The minimum Gasteiger partial charge on any atom is -0.467 e. The van der Waals surface area contributed by atoms with Crippen LogP contribution in [0.15, 0.2) is 24.3 Å². The smallest absolute Gasteiger partial charge is 0.319 e. The van der Waals surface area contributed by atoms with E-state index in [-0.39, 0.29) is 23.8 Å². The Kier molecular flexibility index (Phi) is 3.55. The van der Waals surface area contributed by atoms with Gasteiger partial charge in [0.15, 0.2) is 5.72 Å². The third-order valence-electron chi connectivity index (χ3n) is 5.50. The SMILES string of the molecule is CC(C)OC(=O)C1C(=O)NC23CCCCC2C1c1ccccc1O3. The van der Waals surface area contributed by atoms with Crippen LogP contribution in [0.2, 0.25) is 0 Å². The van der Waals surface area contributed by atoms with Gasteiger partial charge in [0.2, 0.25) is 5.91 Å². The second-order valence-corrected chi connectivity index (χ2v) is 7.36. The van der Waals surface area contributed by atoms with Crippen LogP contribution in [0.25, 0.3) is 0 Å². The van der Waals surface area contributed by atoms with Crippen molar-refractivity contribution in [3.63, 3.8) is 0 Å². The summed E-state index contributed by atoms with van der Waals surface area (Å²) in [6.07, 6.45) is 3.62. The summed E-state index contributed by atoms with van der Waals surface area (Å²) in [7, 11) is 0. The van der Waals surface area contributed by atoms with E-state index in [1.807, 2.05) is 38.1 Å². The molecular weight excluding hydrogens is 306 g/mol. The zero-order valence-corrected chi connectivity index (χ0v) is 14.1. The molecular formula is C19H23NO4. The van der Waals surface area contributed by atoms with Gasteiger partial charge in [-0.2, -0.15) is 0 Å². The number of amides is 1. The highest BCUT2D eigenvalue weighted by Crippen LogP contribution is 2.55. The Hall–Kier alpha value is -2.04. The molecule has 2 fully saturated rings. The maximum Gasteiger partial charge on any atom is 0.319 e. The molecule has 1 N–H and O–H groups in total. The number of hydrogen-bond acceptors (Lipinski definition) is 4. The van der Waals surface area contributed by atoms with E-state index in [1.54, 1.807) is 0 Å². The van der Waals surface area contributed by atoms with Gasteiger partial charge in [-0.3, -0.25) is 9.59 Å². The summed E-state index contributed by atoms with van der Waals surface area (Å²) in [5, 5.41) is 3.05. The van der Waals surface area contributed by atoms with Crippen molar-refractivity contribution in [2.24, 2.45) is 11.8 Å². The van der Waals surface area contributed by atoms with Crippen molar-refractivity contribution in [1.82, 2.24) is 5.32 Å². The Morgan fingerprint density at radius 1 is 1.33 bits per heavy atom. The van der Waals surface area contributed by atoms with Crippen LogP contribution in [0, 0.1) is 11.8 Å². The normalized spacial score (nSPS) is 33.8. The molecule has 5 heteroatoms. The number of piperidine rings is 1. The molecule has 1 aliphatic carbocycles. The fraction of sp³-hybridized carbons (Fsp3) is 0.579. The topological polar surface area (TPSA) is 64.6 Å². The van der Waals surface area contributed by atoms with Crippen LogP contribution < -0.4 is 10.1 Å². The minimum absolute atomic E-state index is 0.114. The van der Waals surface area contributed by atoms with Gasteiger partial charge in [0.05, 0.1) is 6.10 Å². The average Bonchev–Trinajstić information content (AvgIpc) is 2.53. The first-order valence-electron chi connectivity index (χ1n) is 8.82. The minimum atomic E-state index is -0.798. The predicted molar refractivity (Wildman–Crippen MR) is 87.4 cm³/mol. The molecule has 3 aliphatic rings. The van der Waals surface area contributed by atoms with Crippen molar-refractivity contribution in [2.75, 3.05) is 0 Å². The predicted octanol–water partition coefficient (Wildman–Crippen LogP) is 2.75. The fourth-order valence-electron chi connectivity index (χ4n) is 4.63. The maximum atomic E-state index is 12.8. The molecule has 4 atom stereocenters. The lowest BCUT2D eigenvalue weighted by Crippen LogP contribution is -2.69. The third-order valence-corrected chi connectivity index (χ3v) is 5.50. The lowest BCUT2D eigenvalue weighted by molar-refractivity contribution is -0.173. The molecule has 2 aliphatic heterocycles. The molecule has 1 aromatic carbocycles. The number of carbonyl (C=O) groups is 2. The van der Waals surface area contributed by atoms with Gasteiger partial charge in [-0.25, -0.2) is 0 Å². The molecule has 1 saturated heterocycles. The molecule has 2 heterocycles. The van der Waals surface area contributed by atoms with Crippen LogP contribution in [0.3, 0.4) is 0 Å². The molecule has 5 nitrogen and oxygen atoms in total. The summed E-state index contributed by atoms with van der Waals surface area (Å²) in [6.45, 7) is 3.61. The Balaban J connectivity index is 1.82. The number of nitrogens with one attached hydrogen (secondary N) is 1. The van der Waals surface area contributed by atoms with Gasteiger partial charge in [0.25, 0.3) is 0 Å². The Morgan fingerprint density at radius 3 is 2.92 bits per heavy atom. The summed E-state index contributed by atoms with van der Waals surface area (Å²) in [5.74, 6) is -0.767. The molecule has 2 bridgehead atoms. The molecule has 0 aromatic heterocycles. The van der Waals surface area contributed by atoms with E-state index in [0.29, 0.717) is 0 Å². The van der Waals surface area contributed by atoms with Crippen molar-refractivity contribution in [3.8, 4) is 5.75 Å². The van der Waals surface area contributed by atoms with Crippen molar-refractivity contribution in [2.45, 2.75) is 57.3 Å². The Morgan fingerprint density at radius 2 is 2.12 bits per heavy atom. The average molecular weight is 329 g/mol. The summed E-state index contributed by atoms with van der Waals surface area (Å²) >= 11 is 0. The van der Waals surface area contributed by atoms with Gasteiger partial charge in [-0.05, 0) is 38.3 Å². The number of hydrogen-bond donors (Lipinski definition) is 1. The quantitative estimate of drug-likeness (QED) is 0.669. The number of esters is 1. The second kappa shape index (κ2) is 5.50. The lowest BCUT2D eigenvalue weighted by atomic mass is 9.62. The van der Waals surface area contributed by atoms with E-state index in [1.165, 1.54) is 0 Å². The highest BCUT2D eigenvalue weighted by Gasteiger charge is 2.61. The van der Waals surface area contributed by atoms with Gasteiger partial charge < -0.3 is 14.8 Å². The zero-order chi connectivity index (χ0) is 16.9. The molecule has 1 amide bonds. The molecule has 1 aromatic rings. The zero-order valence-electron chi connectivity index (χ0n) is 14.1. The number of para-hydroxylation sites is 1. The van der Waals surface area contributed by atoms with Gasteiger partial charge in [-0.15, -0.1) is 0 Å². The molecule has 0 radical (unpaired) electrons. The first kappa shape index (κ1) is 15.5. The van der Waals surface area contributed by atoms with Gasteiger partial charge in [0, 0.05) is 18.3 Å². The summed E-state index contributed by atoms with van der Waals surface area (Å²) in [4.78, 5) is 25.5. The van der Waals surface area contributed by atoms with Crippen LogP contribution in [0.4, 0.5) is 0 Å². The van der Waals surface area contributed by atoms with Crippen molar-refractivity contribution >= 4 is 11.9 Å². The van der Waals surface area contributed by atoms with E-state index in [4.69, 9.17) is 9.47 Å². The second-order valence-electron chi connectivity index (χ2n) is 7.36. The van der Waals surface area contributed by atoms with Crippen molar-refractivity contribution in [1.29, 1.82) is 0 Å². The fourth-order valence-corrected chi connectivity index (χ4v) is 4.63. The monoisotopic (exact) mass is 329 g/mol. The highest BCUT2D eigenvalue weighted by atomic mass is 16.5. The van der Waals surface area contributed by atoms with E-state index in [2.05, 4.69) is 5.32 Å². The standard InChI is InChI=1S/C19H23NO4/c1-11(2)23-18(22)16-15-12-7-3-4-9-14(12)24-19(20-17(16)21)10-6-5-8-13(15)19/h3-4,7,9,11,13,15-16H,5-6,8,10H2,1-2H3,(H,20,21). The lowest BCUT2D eigenvalue weighted by Gasteiger charge is -2.55. The first-order chi connectivity index (χ1) is 11.5. The third kappa shape index (κ3) is 2.21. The van der Waals surface area contributed by atoms with E-state index >= 15 is 0 Å². The van der Waals surface area contributed by atoms with Crippen LogP contribution in [0.1, 0.15) is 51.0 Å².